The average Bonchev–Trinajstić information content (AvgIpc) is 2.26. The predicted octanol–water partition coefficient (Wildman–Crippen LogP) is 2.20. The molecule has 0 spiro atoms. The van der Waals surface area contributed by atoms with Gasteiger partial charge in [-0.05, 0) is 23.8 Å². The fourth-order valence-corrected chi connectivity index (χ4v) is 2.14. The van der Waals surface area contributed by atoms with Gasteiger partial charge in [-0.2, -0.15) is 0 Å². The van der Waals surface area contributed by atoms with Gasteiger partial charge in [-0.1, -0.05) is 23.7 Å². The van der Waals surface area contributed by atoms with E-state index in [0.717, 1.165) is 5.41 Å². The van der Waals surface area contributed by atoms with E-state index >= 15 is 0 Å². The summed E-state index contributed by atoms with van der Waals surface area (Å²) in [5.41, 5.74) is 0.688. The zero-order valence-electron chi connectivity index (χ0n) is 8.84. The summed E-state index contributed by atoms with van der Waals surface area (Å²) in [6.07, 6.45) is 1.01. The molecule has 0 atom stereocenters. The van der Waals surface area contributed by atoms with Crippen LogP contribution in [-0.4, -0.2) is 25.2 Å². The minimum Gasteiger partial charge on any atom is -0.481 e. The molecule has 6 heteroatoms. The van der Waals surface area contributed by atoms with Crippen LogP contribution < -0.4 is 0 Å². The number of hydrogen-bond donors (Lipinski definition) is 1. The maximum Gasteiger partial charge on any atom is 0.304 e. The van der Waals surface area contributed by atoms with Crippen molar-refractivity contribution in [1.29, 1.82) is 0 Å². The van der Waals surface area contributed by atoms with E-state index in [9.17, 15) is 13.2 Å². The molecule has 17 heavy (non-hydrogen) atoms. The summed E-state index contributed by atoms with van der Waals surface area (Å²) in [6.45, 7) is 0. The number of carboxylic acid groups (broad SMARTS) is 1. The Kier molecular flexibility index (Phi) is 4.72. The number of carbonyl (C=O) groups is 1. The molecule has 0 bridgehead atoms. The fraction of sp³-hybridized carbons (Fsp3) is 0.182. The smallest absolute Gasteiger partial charge is 0.304 e. The highest BCUT2D eigenvalue weighted by molar-refractivity contribution is 7.94. The summed E-state index contributed by atoms with van der Waals surface area (Å²) in [5.74, 6) is -1.53. The molecule has 0 saturated carbocycles. The Morgan fingerprint density at radius 3 is 2.41 bits per heavy atom. The van der Waals surface area contributed by atoms with Crippen LogP contribution in [0.2, 0.25) is 5.02 Å². The molecule has 1 aromatic carbocycles. The van der Waals surface area contributed by atoms with Crippen molar-refractivity contribution >= 4 is 33.5 Å². The lowest BCUT2D eigenvalue weighted by molar-refractivity contribution is -0.136. The highest BCUT2D eigenvalue weighted by Crippen LogP contribution is 2.11. The first kappa shape index (κ1) is 13.7. The molecule has 0 unspecified atom stereocenters. The van der Waals surface area contributed by atoms with Crippen LogP contribution in [0, 0.1) is 0 Å². The number of rotatable bonds is 5. The largest absolute Gasteiger partial charge is 0.481 e. The van der Waals surface area contributed by atoms with Crippen LogP contribution in [0.25, 0.3) is 6.08 Å². The maximum atomic E-state index is 11.4. The van der Waals surface area contributed by atoms with Gasteiger partial charge in [0, 0.05) is 10.4 Å². The minimum absolute atomic E-state index is 0.396. The van der Waals surface area contributed by atoms with Crippen LogP contribution in [0.4, 0.5) is 0 Å². The van der Waals surface area contributed by atoms with E-state index in [1.165, 1.54) is 6.08 Å². The van der Waals surface area contributed by atoms with Crippen molar-refractivity contribution in [2.45, 2.75) is 6.42 Å². The van der Waals surface area contributed by atoms with E-state index in [1.54, 1.807) is 24.3 Å². The van der Waals surface area contributed by atoms with Gasteiger partial charge in [-0.25, -0.2) is 8.42 Å². The van der Waals surface area contributed by atoms with Crippen molar-refractivity contribution in [1.82, 2.24) is 0 Å². The summed E-state index contributed by atoms with van der Waals surface area (Å²) < 4.78 is 22.8. The molecule has 1 aromatic rings. The second kappa shape index (κ2) is 5.84. The Balaban J connectivity index is 2.70. The van der Waals surface area contributed by atoms with Crippen molar-refractivity contribution in [2.24, 2.45) is 0 Å². The second-order valence-electron chi connectivity index (χ2n) is 3.37. The molecule has 92 valence electrons. The molecule has 4 nitrogen and oxygen atoms in total. The van der Waals surface area contributed by atoms with Crippen LogP contribution in [0.5, 0.6) is 0 Å². The molecule has 0 aromatic heterocycles. The first-order valence-electron chi connectivity index (χ1n) is 4.77. The maximum absolute atomic E-state index is 11.4. The third-order valence-corrected chi connectivity index (χ3v) is 3.51. The Morgan fingerprint density at radius 1 is 1.29 bits per heavy atom. The lowest BCUT2D eigenvalue weighted by atomic mass is 10.2. The fourth-order valence-electron chi connectivity index (χ4n) is 1.05. The minimum atomic E-state index is -3.48. The average molecular weight is 275 g/mol. The summed E-state index contributed by atoms with van der Waals surface area (Å²) in [7, 11) is -3.48. The molecule has 0 heterocycles. The SMILES string of the molecule is O=C(O)CCS(=O)(=O)C=Cc1ccc(Cl)cc1. The second-order valence-corrected chi connectivity index (χ2v) is 5.81. The van der Waals surface area contributed by atoms with Gasteiger partial charge in [0.05, 0.1) is 12.2 Å². The van der Waals surface area contributed by atoms with Crippen LogP contribution in [0.3, 0.4) is 0 Å². The number of hydrogen-bond acceptors (Lipinski definition) is 3. The van der Waals surface area contributed by atoms with Crippen molar-refractivity contribution < 1.29 is 18.3 Å². The molecule has 0 aliphatic rings. The number of benzene rings is 1. The van der Waals surface area contributed by atoms with Gasteiger partial charge in [0.15, 0.2) is 9.84 Å². The third-order valence-electron chi connectivity index (χ3n) is 1.94. The summed E-state index contributed by atoms with van der Waals surface area (Å²) >= 11 is 5.68. The first-order chi connectivity index (χ1) is 7.89. The third kappa shape index (κ3) is 5.51. The molecule has 0 saturated heterocycles. The zero-order valence-corrected chi connectivity index (χ0v) is 10.4. The zero-order chi connectivity index (χ0) is 12.9. The van der Waals surface area contributed by atoms with E-state index in [4.69, 9.17) is 16.7 Å². The van der Waals surface area contributed by atoms with Crippen molar-refractivity contribution in [3.63, 3.8) is 0 Å². The van der Waals surface area contributed by atoms with Gasteiger partial charge in [0.2, 0.25) is 0 Å². The molecular formula is C11H11ClO4S. The molecule has 0 fully saturated rings. The predicted molar refractivity (Wildman–Crippen MR) is 66.5 cm³/mol. The summed E-state index contributed by atoms with van der Waals surface area (Å²) in [5, 5.41) is 9.97. The highest BCUT2D eigenvalue weighted by Gasteiger charge is 2.08. The van der Waals surface area contributed by atoms with Gasteiger partial charge in [0.25, 0.3) is 0 Å². The van der Waals surface area contributed by atoms with Crippen molar-refractivity contribution in [3.05, 3.63) is 40.3 Å². The van der Waals surface area contributed by atoms with Crippen molar-refractivity contribution in [2.75, 3.05) is 5.75 Å². The van der Waals surface area contributed by atoms with Crippen LogP contribution in [0.15, 0.2) is 29.7 Å². The molecule has 0 aliphatic heterocycles. The standard InChI is InChI=1S/C11H11ClO4S/c12-10-3-1-9(2-4-10)5-7-17(15,16)8-6-11(13)14/h1-5,7H,6,8H2,(H,13,14). The molecule has 1 rings (SSSR count). The van der Waals surface area contributed by atoms with Gasteiger partial charge in [-0.3, -0.25) is 4.79 Å². The highest BCUT2D eigenvalue weighted by atomic mass is 35.5. The van der Waals surface area contributed by atoms with E-state index in [1.807, 2.05) is 0 Å². The molecular weight excluding hydrogens is 264 g/mol. The molecule has 0 aliphatic carbocycles. The number of sulfone groups is 1. The molecule has 1 N–H and O–H groups in total. The first-order valence-corrected chi connectivity index (χ1v) is 6.86. The Morgan fingerprint density at radius 2 is 1.88 bits per heavy atom. The van der Waals surface area contributed by atoms with Gasteiger partial charge >= 0.3 is 5.97 Å². The Bertz CT molecular complexity index is 517. The Hall–Kier alpha value is -1.33. The van der Waals surface area contributed by atoms with E-state index < -0.39 is 28.0 Å². The number of carboxylic acids is 1. The van der Waals surface area contributed by atoms with E-state index in [2.05, 4.69) is 0 Å². The van der Waals surface area contributed by atoms with Crippen LogP contribution >= 0.6 is 11.6 Å². The molecule has 0 radical (unpaired) electrons. The monoisotopic (exact) mass is 274 g/mol. The lowest BCUT2D eigenvalue weighted by Crippen LogP contribution is -2.07. The van der Waals surface area contributed by atoms with E-state index in [0.29, 0.717) is 10.6 Å². The Labute approximate surface area is 104 Å². The summed E-state index contributed by atoms with van der Waals surface area (Å²) in [4.78, 5) is 10.3. The normalized spacial score (nSPS) is 11.8. The van der Waals surface area contributed by atoms with Crippen molar-refractivity contribution in [3.8, 4) is 0 Å². The summed E-state index contributed by atoms with van der Waals surface area (Å²) in [6, 6.07) is 6.63. The number of aliphatic carboxylic acids is 1. The van der Waals surface area contributed by atoms with E-state index in [-0.39, 0.29) is 0 Å². The topological polar surface area (TPSA) is 71.4 Å². The number of halogens is 1. The van der Waals surface area contributed by atoms with Gasteiger partial charge in [-0.15, -0.1) is 0 Å². The molecule has 0 amide bonds. The quantitative estimate of drug-likeness (QED) is 0.893. The lowest BCUT2D eigenvalue weighted by Gasteiger charge is -1.96. The van der Waals surface area contributed by atoms with Crippen LogP contribution in [0.1, 0.15) is 12.0 Å². The van der Waals surface area contributed by atoms with Gasteiger partial charge < -0.3 is 5.11 Å². The van der Waals surface area contributed by atoms with Crippen LogP contribution in [-0.2, 0) is 14.6 Å². The van der Waals surface area contributed by atoms with Gasteiger partial charge in [0.1, 0.15) is 0 Å².